The van der Waals surface area contributed by atoms with Crippen LogP contribution in [0.15, 0.2) is 23.8 Å². The Bertz CT molecular complexity index is 825. The van der Waals surface area contributed by atoms with Crippen LogP contribution in [0.3, 0.4) is 0 Å². The third-order valence-corrected chi connectivity index (χ3v) is 5.11. The van der Waals surface area contributed by atoms with Crippen molar-refractivity contribution in [1.29, 1.82) is 0 Å². The Morgan fingerprint density at radius 3 is 2.88 bits per heavy atom. The highest BCUT2D eigenvalue weighted by atomic mass is 32.1. The smallest absolute Gasteiger partial charge is 0.227 e. The second kappa shape index (κ2) is 6.97. The van der Waals surface area contributed by atoms with Crippen LogP contribution >= 0.6 is 11.3 Å². The summed E-state index contributed by atoms with van der Waals surface area (Å²) in [5.41, 5.74) is 2.05. The van der Waals surface area contributed by atoms with E-state index < -0.39 is 0 Å². The summed E-state index contributed by atoms with van der Waals surface area (Å²) in [6, 6.07) is 2.10. The lowest BCUT2D eigenvalue weighted by atomic mass is 10.2. The van der Waals surface area contributed by atoms with E-state index in [9.17, 15) is 0 Å². The van der Waals surface area contributed by atoms with E-state index in [0.717, 1.165) is 60.8 Å². The first-order chi connectivity index (χ1) is 12.2. The molecule has 1 saturated heterocycles. The number of nitrogens with zero attached hydrogens (tertiary/aromatic N) is 5. The molecule has 0 spiro atoms. The second-order valence-corrected chi connectivity index (χ2v) is 7.00. The van der Waals surface area contributed by atoms with Crippen molar-refractivity contribution in [3.63, 3.8) is 0 Å². The fraction of sp³-hybridized carbons (Fsp3) is 0.471. The first-order valence-corrected chi connectivity index (χ1v) is 9.50. The van der Waals surface area contributed by atoms with Gasteiger partial charge in [-0.25, -0.2) is 9.97 Å². The second-order valence-electron chi connectivity index (χ2n) is 6.12. The van der Waals surface area contributed by atoms with Gasteiger partial charge in [0, 0.05) is 42.6 Å². The van der Waals surface area contributed by atoms with Crippen LogP contribution in [-0.2, 0) is 11.2 Å². The van der Waals surface area contributed by atoms with Crippen molar-refractivity contribution in [2.24, 2.45) is 0 Å². The van der Waals surface area contributed by atoms with E-state index in [1.807, 2.05) is 17.6 Å². The van der Waals surface area contributed by atoms with Crippen LogP contribution in [0.2, 0.25) is 0 Å². The number of thiazole rings is 1. The zero-order chi connectivity index (χ0) is 17.2. The molecule has 0 radical (unpaired) electrons. The zero-order valence-electron chi connectivity index (χ0n) is 14.5. The van der Waals surface area contributed by atoms with Gasteiger partial charge in [-0.2, -0.15) is 4.98 Å². The van der Waals surface area contributed by atoms with Crippen LogP contribution in [-0.4, -0.2) is 45.7 Å². The Kier molecular flexibility index (Phi) is 4.54. The number of aryl methyl sites for hydroxylation is 1. The molecule has 25 heavy (non-hydrogen) atoms. The molecule has 132 valence electrons. The van der Waals surface area contributed by atoms with Gasteiger partial charge in [0.25, 0.3) is 0 Å². The third kappa shape index (κ3) is 3.45. The van der Waals surface area contributed by atoms with Gasteiger partial charge < -0.3 is 15.0 Å². The van der Waals surface area contributed by atoms with Crippen LogP contribution in [0.1, 0.15) is 31.3 Å². The SMILES string of the molecule is CCc1cc(N[C@@H](C)c2cn3ccsc3n2)nc(N2CCOCC2)n1. The fourth-order valence-corrected chi connectivity index (χ4v) is 3.60. The molecule has 1 aliphatic heterocycles. The topological polar surface area (TPSA) is 67.6 Å². The quantitative estimate of drug-likeness (QED) is 0.756. The average molecular weight is 358 g/mol. The Morgan fingerprint density at radius 1 is 1.28 bits per heavy atom. The number of rotatable bonds is 5. The van der Waals surface area contributed by atoms with Gasteiger partial charge in [-0.15, -0.1) is 11.3 Å². The maximum Gasteiger partial charge on any atom is 0.227 e. The molecule has 1 atom stereocenters. The molecule has 0 unspecified atom stereocenters. The molecule has 3 aromatic rings. The Hall–Kier alpha value is -2.19. The van der Waals surface area contributed by atoms with Crippen molar-refractivity contribution >= 4 is 28.1 Å². The van der Waals surface area contributed by atoms with Crippen LogP contribution in [0.5, 0.6) is 0 Å². The highest BCUT2D eigenvalue weighted by molar-refractivity contribution is 7.15. The number of fused-ring (bicyclic) bond motifs is 1. The van der Waals surface area contributed by atoms with Gasteiger partial charge in [-0.05, 0) is 13.3 Å². The molecule has 8 heteroatoms. The lowest BCUT2D eigenvalue weighted by molar-refractivity contribution is 0.122. The minimum absolute atomic E-state index is 0.0734. The van der Waals surface area contributed by atoms with Gasteiger partial charge >= 0.3 is 0 Å². The summed E-state index contributed by atoms with van der Waals surface area (Å²) in [6.07, 6.45) is 4.97. The van der Waals surface area contributed by atoms with Crippen LogP contribution < -0.4 is 10.2 Å². The molecule has 0 amide bonds. The molecule has 0 saturated carbocycles. The molecular weight excluding hydrogens is 336 g/mol. The fourth-order valence-electron chi connectivity index (χ4n) is 2.89. The summed E-state index contributed by atoms with van der Waals surface area (Å²) in [7, 11) is 0. The number of ether oxygens (including phenoxy) is 1. The molecule has 1 fully saturated rings. The predicted molar refractivity (Wildman–Crippen MR) is 99.5 cm³/mol. The van der Waals surface area contributed by atoms with Gasteiger partial charge in [0.1, 0.15) is 5.82 Å². The summed E-state index contributed by atoms with van der Waals surface area (Å²) in [5.74, 6) is 1.63. The van der Waals surface area contributed by atoms with Gasteiger partial charge in [-0.3, -0.25) is 4.40 Å². The van der Waals surface area contributed by atoms with Crippen LogP contribution in [0.4, 0.5) is 11.8 Å². The van der Waals surface area contributed by atoms with Crippen molar-refractivity contribution < 1.29 is 4.74 Å². The zero-order valence-corrected chi connectivity index (χ0v) is 15.3. The summed E-state index contributed by atoms with van der Waals surface area (Å²) in [6.45, 7) is 7.34. The Balaban J connectivity index is 1.56. The first-order valence-electron chi connectivity index (χ1n) is 8.62. The number of hydrogen-bond donors (Lipinski definition) is 1. The molecule has 0 bridgehead atoms. The highest BCUT2D eigenvalue weighted by Crippen LogP contribution is 2.22. The van der Waals surface area contributed by atoms with Crippen molar-refractivity contribution in [1.82, 2.24) is 19.4 Å². The van der Waals surface area contributed by atoms with Crippen LogP contribution in [0, 0.1) is 0 Å². The van der Waals surface area contributed by atoms with Crippen molar-refractivity contribution in [3.05, 3.63) is 35.2 Å². The number of morpholine rings is 1. The van der Waals surface area contributed by atoms with Crippen LogP contribution in [0.25, 0.3) is 4.96 Å². The van der Waals surface area contributed by atoms with Gasteiger partial charge in [0.05, 0.1) is 24.9 Å². The predicted octanol–water partition coefficient (Wildman–Crippen LogP) is 2.76. The summed E-state index contributed by atoms with van der Waals surface area (Å²) >= 11 is 1.64. The molecule has 4 heterocycles. The monoisotopic (exact) mass is 358 g/mol. The number of aromatic nitrogens is 4. The number of anilines is 2. The van der Waals surface area contributed by atoms with Crippen molar-refractivity contribution in [3.8, 4) is 0 Å². The van der Waals surface area contributed by atoms with E-state index in [0.29, 0.717) is 0 Å². The maximum atomic E-state index is 5.43. The number of nitrogens with one attached hydrogen (secondary N) is 1. The Labute approximate surface area is 150 Å². The minimum atomic E-state index is 0.0734. The molecule has 1 N–H and O–H groups in total. The van der Waals surface area contributed by atoms with Crippen molar-refractivity contribution in [2.45, 2.75) is 26.3 Å². The number of imidazole rings is 1. The molecule has 4 rings (SSSR count). The van der Waals surface area contributed by atoms with Gasteiger partial charge in [-0.1, -0.05) is 6.92 Å². The van der Waals surface area contributed by atoms with Gasteiger partial charge in [0.2, 0.25) is 5.95 Å². The lowest BCUT2D eigenvalue weighted by Gasteiger charge is -2.27. The van der Waals surface area contributed by atoms with E-state index in [1.165, 1.54) is 0 Å². The van der Waals surface area contributed by atoms with Crippen molar-refractivity contribution in [2.75, 3.05) is 36.5 Å². The van der Waals surface area contributed by atoms with E-state index in [2.05, 4.69) is 44.6 Å². The average Bonchev–Trinajstić information content (AvgIpc) is 3.24. The summed E-state index contributed by atoms with van der Waals surface area (Å²) in [5, 5.41) is 5.52. The summed E-state index contributed by atoms with van der Waals surface area (Å²) < 4.78 is 7.48. The largest absolute Gasteiger partial charge is 0.378 e. The molecular formula is C17H22N6OS. The standard InChI is InChI=1S/C17H22N6OS/c1-3-13-10-15(21-16(19-13)22-4-7-24-8-5-22)18-12(2)14-11-23-6-9-25-17(23)20-14/h6,9-12H,3-5,7-8H2,1-2H3,(H,18,19,21)/t12-/m0/s1. The molecule has 7 nitrogen and oxygen atoms in total. The molecule has 1 aliphatic rings. The third-order valence-electron chi connectivity index (χ3n) is 4.34. The van der Waals surface area contributed by atoms with E-state index >= 15 is 0 Å². The Morgan fingerprint density at radius 2 is 2.12 bits per heavy atom. The normalized spacial score (nSPS) is 16.3. The molecule has 0 aromatic carbocycles. The van der Waals surface area contributed by atoms with E-state index in [1.54, 1.807) is 11.3 Å². The van der Waals surface area contributed by atoms with E-state index in [-0.39, 0.29) is 6.04 Å². The van der Waals surface area contributed by atoms with Gasteiger partial charge in [0.15, 0.2) is 4.96 Å². The molecule has 3 aromatic heterocycles. The first kappa shape index (κ1) is 16.3. The minimum Gasteiger partial charge on any atom is -0.378 e. The summed E-state index contributed by atoms with van der Waals surface area (Å²) in [4.78, 5) is 17.3. The maximum absolute atomic E-state index is 5.43. The molecule has 0 aliphatic carbocycles. The highest BCUT2D eigenvalue weighted by Gasteiger charge is 2.17. The lowest BCUT2D eigenvalue weighted by Crippen LogP contribution is -2.37. The van der Waals surface area contributed by atoms with E-state index in [4.69, 9.17) is 9.72 Å². The number of hydrogen-bond acceptors (Lipinski definition) is 7.